The number of nitrogens with zero attached hydrogens (tertiary/aromatic N) is 1. The lowest BCUT2D eigenvalue weighted by Crippen LogP contribution is -2.33. The van der Waals surface area contributed by atoms with Gasteiger partial charge in [-0.05, 0) is 43.5 Å². The highest BCUT2D eigenvalue weighted by molar-refractivity contribution is 7.68. The molecule has 3 N–H and O–H groups in total. The van der Waals surface area contributed by atoms with E-state index in [1.807, 2.05) is 6.92 Å². The molecular weight excluding hydrogens is 793 g/mol. The van der Waals surface area contributed by atoms with Gasteiger partial charge in [0.05, 0.1) is 26.0 Å². The van der Waals surface area contributed by atoms with Gasteiger partial charge in [-0.2, -0.15) is 4.31 Å². The second kappa shape index (κ2) is 24.3. The zero-order valence-corrected chi connectivity index (χ0v) is 35.1. The van der Waals surface area contributed by atoms with Crippen LogP contribution in [0.5, 0.6) is 5.75 Å². The third-order valence-electron chi connectivity index (χ3n) is 8.62. The molecule has 2 aromatic rings. The van der Waals surface area contributed by atoms with Crippen molar-refractivity contribution in [3.05, 3.63) is 74.6 Å². The van der Waals surface area contributed by atoms with E-state index in [-0.39, 0.29) is 30.7 Å². The van der Waals surface area contributed by atoms with Crippen LogP contribution in [0.25, 0.3) is 0 Å². The Morgan fingerprint density at radius 3 is 2.04 bits per heavy atom. The molecule has 1 aliphatic rings. The Hall–Kier alpha value is -2.68. The van der Waals surface area contributed by atoms with Gasteiger partial charge in [0.1, 0.15) is 11.9 Å². The molecular formula is C36H57N2O15P3. The van der Waals surface area contributed by atoms with Crippen LogP contribution < -0.4 is 16.0 Å². The molecule has 5 atom stereocenters. The van der Waals surface area contributed by atoms with E-state index in [1.165, 1.54) is 88.1 Å². The highest BCUT2D eigenvalue weighted by Gasteiger charge is 2.43. The first-order valence-electron chi connectivity index (χ1n) is 19.2. The molecule has 17 nitrogen and oxygen atoms in total. The van der Waals surface area contributed by atoms with Crippen LogP contribution in [0.4, 0.5) is 4.79 Å². The standard InChI is InChI=1S/C36H57N2O15P3/c1-4-6-8-9-10-11-12-13-14-15-16-17-25-54(42,48-27-30-18-20-31(21-19-30)51-36(41)47-24-7-5-2)52-56(45,46)53-55(43,44)49-28-32-22-23-33(50-32)38-26-29(3)34(39)37-35(38)40/h18-23,26,32-33H,4-17,24-25,27-28H2,1-3H3,(H,43,44)(H,45,46)(H,37,39,40)/t32-,33+,54?/m0/s1. The van der Waals surface area contributed by atoms with Gasteiger partial charge < -0.3 is 28.5 Å². The lowest BCUT2D eigenvalue weighted by atomic mass is 10.1. The summed E-state index contributed by atoms with van der Waals surface area (Å²) in [5.41, 5.74) is -0.611. The van der Waals surface area contributed by atoms with Crippen LogP contribution >= 0.6 is 23.2 Å². The van der Waals surface area contributed by atoms with Crippen LogP contribution in [-0.2, 0) is 47.4 Å². The first-order chi connectivity index (χ1) is 26.6. The van der Waals surface area contributed by atoms with Crippen molar-refractivity contribution in [1.82, 2.24) is 9.55 Å². The molecule has 1 aliphatic heterocycles. The number of aromatic nitrogens is 2. The summed E-state index contributed by atoms with van der Waals surface area (Å²) in [4.78, 5) is 58.7. The van der Waals surface area contributed by atoms with Gasteiger partial charge in [0.25, 0.3) is 5.56 Å². The predicted octanol–water partition coefficient (Wildman–Crippen LogP) is 8.98. The van der Waals surface area contributed by atoms with Gasteiger partial charge in [-0.25, -0.2) is 23.0 Å². The molecule has 0 saturated carbocycles. The largest absolute Gasteiger partial charge is 0.513 e. The normalized spacial score (nSPS) is 18.6. The van der Waals surface area contributed by atoms with Crippen molar-refractivity contribution in [2.45, 2.75) is 130 Å². The predicted molar refractivity (Wildman–Crippen MR) is 209 cm³/mol. The summed E-state index contributed by atoms with van der Waals surface area (Å²) in [6.07, 6.45) is 14.9. The number of aryl methyl sites for hydroxylation is 1. The Labute approximate surface area is 327 Å². The van der Waals surface area contributed by atoms with Crippen LogP contribution in [0.3, 0.4) is 0 Å². The fraction of sp³-hybridized carbons (Fsp3) is 0.639. The maximum Gasteiger partial charge on any atom is 0.513 e. The number of carbonyl (C=O) groups is 1. The number of nitrogens with one attached hydrogen (secondary N) is 1. The first-order valence-corrected chi connectivity index (χ1v) is 23.9. The molecule has 20 heteroatoms. The smallest absolute Gasteiger partial charge is 0.434 e. The number of hydrogen-bond acceptors (Lipinski definition) is 13. The molecule has 0 amide bonds. The summed E-state index contributed by atoms with van der Waals surface area (Å²) in [5, 5.41) is 0. The van der Waals surface area contributed by atoms with Crippen molar-refractivity contribution in [3.8, 4) is 5.75 Å². The second-order valence-corrected chi connectivity index (χ2v) is 18.9. The van der Waals surface area contributed by atoms with Gasteiger partial charge in [-0.15, -0.1) is 0 Å². The molecule has 0 spiro atoms. The third-order valence-corrected chi connectivity index (χ3v) is 13.9. The van der Waals surface area contributed by atoms with Gasteiger partial charge >= 0.3 is 35.1 Å². The van der Waals surface area contributed by atoms with Crippen LogP contribution in [0, 0.1) is 6.92 Å². The summed E-state index contributed by atoms with van der Waals surface area (Å²) >= 11 is 0. The van der Waals surface area contributed by atoms with E-state index in [0.717, 1.165) is 36.7 Å². The maximum absolute atomic E-state index is 13.9. The van der Waals surface area contributed by atoms with E-state index < -0.39 is 59.6 Å². The average Bonchev–Trinajstić information content (AvgIpc) is 3.61. The Kier molecular flexibility index (Phi) is 20.7. The topological polar surface area (TPSA) is 228 Å². The molecule has 2 heterocycles. The van der Waals surface area contributed by atoms with Gasteiger partial charge in [0, 0.05) is 11.8 Å². The van der Waals surface area contributed by atoms with Gasteiger partial charge in [0.15, 0.2) is 6.23 Å². The van der Waals surface area contributed by atoms with E-state index in [0.29, 0.717) is 24.8 Å². The number of benzene rings is 1. The third kappa shape index (κ3) is 18.3. The summed E-state index contributed by atoms with van der Waals surface area (Å²) in [7, 11) is -15.3. The lowest BCUT2D eigenvalue weighted by molar-refractivity contribution is -0.0104. The Balaban J connectivity index is 1.56. The van der Waals surface area contributed by atoms with Crippen molar-refractivity contribution in [3.63, 3.8) is 0 Å². The minimum absolute atomic E-state index is 0.188. The second-order valence-electron chi connectivity index (χ2n) is 13.5. The van der Waals surface area contributed by atoms with E-state index in [2.05, 4.69) is 16.2 Å². The Morgan fingerprint density at radius 1 is 0.804 bits per heavy atom. The maximum atomic E-state index is 13.9. The lowest BCUT2D eigenvalue weighted by Gasteiger charge is -2.23. The molecule has 0 aliphatic carbocycles. The van der Waals surface area contributed by atoms with Crippen LogP contribution in [0.1, 0.15) is 121 Å². The van der Waals surface area contributed by atoms with Gasteiger partial charge in [-0.1, -0.05) is 109 Å². The number of phosphoric acid groups is 2. The fourth-order valence-electron chi connectivity index (χ4n) is 5.54. The SMILES string of the molecule is CCCCCCCCCCCCCCP(=O)(OCc1ccc(OC(=O)OCCCC)cc1)OP(=O)(O)OP(=O)(O)OC[C@@H]1C=C[C@H](n2cc(C)c(=O)[nH]c2=O)O1. The summed E-state index contributed by atoms with van der Waals surface area (Å²) in [6, 6.07) is 5.96. The number of aromatic amines is 1. The van der Waals surface area contributed by atoms with E-state index in [4.69, 9.17) is 27.6 Å². The number of ether oxygens (including phenoxy) is 3. The number of phosphoric ester groups is 1. The summed E-state index contributed by atoms with van der Waals surface area (Å²) < 4.78 is 76.4. The monoisotopic (exact) mass is 850 g/mol. The number of rotatable bonds is 28. The summed E-state index contributed by atoms with van der Waals surface area (Å²) in [5.74, 6) is 0.188. The molecule has 1 aromatic heterocycles. The highest BCUT2D eigenvalue weighted by atomic mass is 31.3. The fourth-order valence-corrected chi connectivity index (χ4v) is 10.4. The highest BCUT2D eigenvalue weighted by Crippen LogP contribution is 2.69. The number of unbranched alkanes of at least 4 members (excludes halogenated alkanes) is 12. The van der Waals surface area contributed by atoms with Crippen molar-refractivity contribution >= 4 is 29.4 Å². The van der Waals surface area contributed by atoms with Crippen molar-refractivity contribution < 1.29 is 60.2 Å². The van der Waals surface area contributed by atoms with E-state index in [1.54, 1.807) is 0 Å². The minimum atomic E-state index is -5.55. The Morgan fingerprint density at radius 2 is 1.41 bits per heavy atom. The molecule has 3 rings (SSSR count). The van der Waals surface area contributed by atoms with Crippen LogP contribution in [0.2, 0.25) is 0 Å². The molecule has 0 bridgehead atoms. The molecule has 316 valence electrons. The molecule has 56 heavy (non-hydrogen) atoms. The summed E-state index contributed by atoms with van der Waals surface area (Å²) in [6.45, 7) is 4.86. The average molecular weight is 851 g/mol. The van der Waals surface area contributed by atoms with Gasteiger partial charge in [-0.3, -0.25) is 23.4 Å². The molecule has 0 fully saturated rings. The van der Waals surface area contributed by atoms with Crippen molar-refractivity contribution in [1.29, 1.82) is 0 Å². The molecule has 1 aromatic carbocycles. The minimum Gasteiger partial charge on any atom is -0.434 e. The van der Waals surface area contributed by atoms with Gasteiger partial charge in [0.2, 0.25) is 0 Å². The zero-order chi connectivity index (χ0) is 41.0. The number of H-pyrrole nitrogens is 1. The van der Waals surface area contributed by atoms with E-state index >= 15 is 0 Å². The number of hydrogen-bond donors (Lipinski definition) is 3. The zero-order valence-electron chi connectivity index (χ0n) is 32.4. The van der Waals surface area contributed by atoms with E-state index in [9.17, 15) is 37.9 Å². The van der Waals surface area contributed by atoms with Crippen molar-refractivity contribution in [2.24, 2.45) is 0 Å². The first kappa shape index (κ1) is 47.7. The Bertz CT molecular complexity index is 1800. The van der Waals surface area contributed by atoms with Crippen LogP contribution in [0.15, 0.2) is 52.2 Å². The van der Waals surface area contributed by atoms with Crippen molar-refractivity contribution in [2.75, 3.05) is 19.4 Å². The quantitative estimate of drug-likeness (QED) is 0.0239. The molecule has 3 unspecified atom stereocenters. The molecule has 0 saturated heterocycles. The number of carbonyl (C=O) groups excluding carboxylic acids is 1. The molecule has 0 radical (unpaired) electrons. The van der Waals surface area contributed by atoms with Crippen LogP contribution in [-0.4, -0.2) is 51.0 Å².